The molecule has 0 spiro atoms. The fourth-order valence-electron chi connectivity index (χ4n) is 2.26. The standard InChI is InChI=1S/C13H22N4/c1-2-17(9-11-4-3-5-11)10-12-6-7-15-13(8-12)16-14/h6-8,11H,2-5,9-10,14H2,1H3,(H,15,16). The number of hydrogen-bond donors (Lipinski definition) is 2. The number of hydrogen-bond acceptors (Lipinski definition) is 4. The topological polar surface area (TPSA) is 54.2 Å². The average molecular weight is 234 g/mol. The smallest absolute Gasteiger partial charge is 0.140 e. The van der Waals surface area contributed by atoms with Crippen LogP contribution in [0.4, 0.5) is 5.82 Å². The summed E-state index contributed by atoms with van der Waals surface area (Å²) in [6.45, 7) is 5.54. The molecule has 0 bridgehead atoms. The predicted octanol–water partition coefficient (Wildman–Crippen LogP) is 1.99. The Balaban J connectivity index is 1.91. The van der Waals surface area contributed by atoms with Crippen LogP contribution in [-0.4, -0.2) is 23.0 Å². The van der Waals surface area contributed by atoms with Gasteiger partial charge in [-0.2, -0.15) is 0 Å². The van der Waals surface area contributed by atoms with Gasteiger partial charge in [-0.25, -0.2) is 10.8 Å². The highest BCUT2D eigenvalue weighted by Gasteiger charge is 2.19. The zero-order valence-electron chi connectivity index (χ0n) is 10.5. The summed E-state index contributed by atoms with van der Waals surface area (Å²) in [7, 11) is 0. The number of nitrogens with one attached hydrogen (secondary N) is 1. The lowest BCUT2D eigenvalue weighted by molar-refractivity contribution is 0.178. The molecule has 17 heavy (non-hydrogen) atoms. The third-order valence-corrected chi connectivity index (χ3v) is 3.57. The van der Waals surface area contributed by atoms with Crippen LogP contribution < -0.4 is 11.3 Å². The third kappa shape index (κ3) is 3.41. The largest absolute Gasteiger partial charge is 0.308 e. The molecule has 1 aliphatic rings. The van der Waals surface area contributed by atoms with Gasteiger partial charge in [-0.3, -0.25) is 4.90 Å². The quantitative estimate of drug-likeness (QED) is 0.584. The number of rotatable bonds is 6. The lowest BCUT2D eigenvalue weighted by Gasteiger charge is -2.31. The molecule has 0 aliphatic heterocycles. The van der Waals surface area contributed by atoms with Crippen LogP contribution in [0.1, 0.15) is 31.7 Å². The molecular formula is C13H22N4. The van der Waals surface area contributed by atoms with Crippen LogP contribution in [0.5, 0.6) is 0 Å². The molecule has 3 N–H and O–H groups in total. The van der Waals surface area contributed by atoms with Crippen molar-refractivity contribution in [2.75, 3.05) is 18.5 Å². The molecular weight excluding hydrogens is 212 g/mol. The van der Waals surface area contributed by atoms with Gasteiger partial charge in [-0.1, -0.05) is 13.3 Å². The van der Waals surface area contributed by atoms with E-state index in [1.165, 1.54) is 31.4 Å². The molecule has 0 amide bonds. The van der Waals surface area contributed by atoms with E-state index in [-0.39, 0.29) is 0 Å². The Morgan fingerprint density at radius 1 is 1.53 bits per heavy atom. The van der Waals surface area contributed by atoms with E-state index in [0.717, 1.165) is 24.8 Å². The second-order valence-electron chi connectivity index (χ2n) is 4.82. The summed E-state index contributed by atoms with van der Waals surface area (Å²) in [5, 5.41) is 0. The van der Waals surface area contributed by atoms with Gasteiger partial charge in [0.05, 0.1) is 0 Å². The van der Waals surface area contributed by atoms with Gasteiger partial charge in [0.15, 0.2) is 0 Å². The Hall–Kier alpha value is -1.13. The number of hydrazine groups is 1. The first-order chi connectivity index (χ1) is 8.31. The summed E-state index contributed by atoms with van der Waals surface area (Å²) < 4.78 is 0. The molecule has 1 saturated carbocycles. The lowest BCUT2D eigenvalue weighted by atomic mass is 9.85. The minimum Gasteiger partial charge on any atom is -0.308 e. The van der Waals surface area contributed by atoms with Gasteiger partial charge in [0, 0.05) is 19.3 Å². The maximum Gasteiger partial charge on any atom is 0.140 e. The van der Waals surface area contributed by atoms with E-state index in [1.807, 2.05) is 12.3 Å². The van der Waals surface area contributed by atoms with E-state index in [4.69, 9.17) is 5.84 Å². The van der Waals surface area contributed by atoms with Gasteiger partial charge in [-0.15, -0.1) is 0 Å². The van der Waals surface area contributed by atoms with Crippen molar-refractivity contribution in [1.82, 2.24) is 9.88 Å². The molecule has 2 rings (SSSR count). The van der Waals surface area contributed by atoms with Gasteiger partial charge >= 0.3 is 0 Å². The Labute approximate surface area is 103 Å². The normalized spacial score (nSPS) is 15.9. The van der Waals surface area contributed by atoms with Crippen LogP contribution in [0.25, 0.3) is 0 Å². The van der Waals surface area contributed by atoms with Crippen molar-refractivity contribution in [3.63, 3.8) is 0 Å². The van der Waals surface area contributed by atoms with Crippen LogP contribution >= 0.6 is 0 Å². The zero-order chi connectivity index (χ0) is 12.1. The molecule has 94 valence electrons. The maximum absolute atomic E-state index is 5.37. The number of nitrogens with two attached hydrogens (primary N) is 1. The van der Waals surface area contributed by atoms with Crippen molar-refractivity contribution in [1.29, 1.82) is 0 Å². The molecule has 1 aromatic heterocycles. The molecule has 0 aromatic carbocycles. The average Bonchev–Trinajstić information content (AvgIpc) is 2.32. The van der Waals surface area contributed by atoms with Crippen LogP contribution in [0.15, 0.2) is 18.3 Å². The van der Waals surface area contributed by atoms with Crippen molar-refractivity contribution in [3.05, 3.63) is 23.9 Å². The third-order valence-electron chi connectivity index (χ3n) is 3.57. The minimum absolute atomic E-state index is 0.738. The van der Waals surface area contributed by atoms with Crippen molar-refractivity contribution < 1.29 is 0 Å². The van der Waals surface area contributed by atoms with E-state index < -0.39 is 0 Å². The van der Waals surface area contributed by atoms with Crippen molar-refractivity contribution in [2.45, 2.75) is 32.7 Å². The van der Waals surface area contributed by atoms with Gasteiger partial charge in [0.2, 0.25) is 0 Å². The zero-order valence-corrected chi connectivity index (χ0v) is 10.5. The molecule has 1 aliphatic carbocycles. The second-order valence-corrected chi connectivity index (χ2v) is 4.82. The van der Waals surface area contributed by atoms with Crippen molar-refractivity contribution in [3.8, 4) is 0 Å². The maximum atomic E-state index is 5.37. The Bertz CT molecular complexity index is 349. The molecule has 0 atom stereocenters. The monoisotopic (exact) mass is 234 g/mol. The van der Waals surface area contributed by atoms with E-state index in [1.54, 1.807) is 0 Å². The number of nitrogen functional groups attached to an aromatic ring is 1. The van der Waals surface area contributed by atoms with Gasteiger partial charge < -0.3 is 5.43 Å². The highest BCUT2D eigenvalue weighted by atomic mass is 15.2. The fourth-order valence-corrected chi connectivity index (χ4v) is 2.26. The summed E-state index contributed by atoms with van der Waals surface area (Å²) >= 11 is 0. The van der Waals surface area contributed by atoms with Gasteiger partial charge in [-0.05, 0) is 43.0 Å². The first-order valence-electron chi connectivity index (χ1n) is 6.45. The van der Waals surface area contributed by atoms with Crippen LogP contribution in [0.3, 0.4) is 0 Å². The summed E-state index contributed by atoms with van der Waals surface area (Å²) in [6.07, 6.45) is 6.03. The molecule has 1 fully saturated rings. The van der Waals surface area contributed by atoms with E-state index in [9.17, 15) is 0 Å². The van der Waals surface area contributed by atoms with Crippen LogP contribution in [0, 0.1) is 5.92 Å². The fraction of sp³-hybridized carbons (Fsp3) is 0.615. The second kappa shape index (κ2) is 5.98. The van der Waals surface area contributed by atoms with Crippen molar-refractivity contribution >= 4 is 5.82 Å². The van der Waals surface area contributed by atoms with E-state index in [2.05, 4.69) is 28.3 Å². The SMILES string of the molecule is CCN(Cc1ccnc(NN)c1)CC1CCC1. The van der Waals surface area contributed by atoms with Gasteiger partial charge in [0.25, 0.3) is 0 Å². The Morgan fingerprint density at radius 3 is 2.94 bits per heavy atom. The number of anilines is 1. The molecule has 4 nitrogen and oxygen atoms in total. The molecule has 1 heterocycles. The van der Waals surface area contributed by atoms with E-state index in [0.29, 0.717) is 0 Å². The van der Waals surface area contributed by atoms with Crippen LogP contribution in [-0.2, 0) is 6.54 Å². The lowest BCUT2D eigenvalue weighted by Crippen LogP contribution is -2.32. The van der Waals surface area contributed by atoms with Crippen LogP contribution in [0.2, 0.25) is 0 Å². The summed E-state index contributed by atoms with van der Waals surface area (Å²) in [5.74, 6) is 7.03. The van der Waals surface area contributed by atoms with Gasteiger partial charge in [0.1, 0.15) is 5.82 Å². The highest BCUT2D eigenvalue weighted by molar-refractivity contribution is 5.35. The number of aromatic nitrogens is 1. The highest BCUT2D eigenvalue weighted by Crippen LogP contribution is 2.27. The summed E-state index contributed by atoms with van der Waals surface area (Å²) in [6, 6.07) is 4.08. The summed E-state index contributed by atoms with van der Waals surface area (Å²) in [5.41, 5.74) is 3.86. The molecule has 0 radical (unpaired) electrons. The summed E-state index contributed by atoms with van der Waals surface area (Å²) in [4.78, 5) is 6.62. The Kier molecular flexibility index (Phi) is 4.34. The molecule has 1 aromatic rings. The molecule has 0 saturated heterocycles. The number of pyridine rings is 1. The molecule has 0 unspecified atom stereocenters. The first kappa shape index (κ1) is 12.3. The Morgan fingerprint density at radius 2 is 2.35 bits per heavy atom. The minimum atomic E-state index is 0.738. The number of nitrogens with zero attached hydrogens (tertiary/aromatic N) is 2. The molecule has 4 heteroatoms. The first-order valence-corrected chi connectivity index (χ1v) is 6.45. The van der Waals surface area contributed by atoms with E-state index >= 15 is 0 Å². The predicted molar refractivity (Wildman–Crippen MR) is 70.3 cm³/mol. The van der Waals surface area contributed by atoms with Crippen molar-refractivity contribution in [2.24, 2.45) is 11.8 Å².